The summed E-state index contributed by atoms with van der Waals surface area (Å²) >= 11 is 0. The number of carbonyl (C=O) groups excluding carboxylic acids is 2. The molecule has 0 bridgehead atoms. The van der Waals surface area contributed by atoms with Gasteiger partial charge in [0.2, 0.25) is 17.8 Å². The molecule has 31 heavy (non-hydrogen) atoms. The van der Waals surface area contributed by atoms with Gasteiger partial charge in [0.25, 0.3) is 0 Å². The zero-order valence-electron chi connectivity index (χ0n) is 18.5. The number of rotatable bonds is 10. The number of carbonyl (C=O) groups is 2. The number of imidazole rings is 1. The van der Waals surface area contributed by atoms with Gasteiger partial charge in [-0.05, 0) is 30.8 Å². The Balaban J connectivity index is 1.80. The molecule has 1 heterocycles. The van der Waals surface area contributed by atoms with Gasteiger partial charge in [0, 0.05) is 20.0 Å². The van der Waals surface area contributed by atoms with Crippen LogP contribution in [-0.2, 0) is 16.1 Å². The summed E-state index contributed by atoms with van der Waals surface area (Å²) in [7, 11) is 0. The highest BCUT2D eigenvalue weighted by molar-refractivity contribution is 5.92. The van der Waals surface area contributed by atoms with Crippen molar-refractivity contribution in [3.8, 4) is 0 Å². The molecule has 0 spiro atoms. The van der Waals surface area contributed by atoms with E-state index in [0.29, 0.717) is 5.95 Å². The number of hydrogen-bond acceptors (Lipinski definition) is 4. The summed E-state index contributed by atoms with van der Waals surface area (Å²) in [6.45, 7) is 9.29. The summed E-state index contributed by atoms with van der Waals surface area (Å²) < 4.78 is 2.06. The van der Waals surface area contributed by atoms with Crippen LogP contribution < -0.4 is 10.6 Å². The molecule has 2 aromatic carbocycles. The lowest BCUT2D eigenvalue weighted by Crippen LogP contribution is -2.30. The van der Waals surface area contributed by atoms with Crippen molar-refractivity contribution in [3.05, 3.63) is 60.2 Å². The number of nitrogens with zero attached hydrogens (tertiary/aromatic N) is 3. The second-order valence-electron chi connectivity index (χ2n) is 7.52. The fourth-order valence-electron chi connectivity index (χ4n) is 3.72. The molecule has 0 saturated carbocycles. The van der Waals surface area contributed by atoms with E-state index in [1.165, 1.54) is 6.92 Å². The average Bonchev–Trinajstić information content (AvgIpc) is 3.11. The van der Waals surface area contributed by atoms with Gasteiger partial charge in [-0.15, -0.1) is 0 Å². The van der Waals surface area contributed by atoms with E-state index in [1.54, 1.807) is 0 Å². The first-order valence-corrected chi connectivity index (χ1v) is 10.8. The van der Waals surface area contributed by atoms with Gasteiger partial charge in [0.1, 0.15) is 0 Å². The van der Waals surface area contributed by atoms with E-state index in [2.05, 4.69) is 38.9 Å². The molecule has 7 heteroatoms. The summed E-state index contributed by atoms with van der Waals surface area (Å²) in [5.41, 5.74) is 2.73. The zero-order valence-corrected chi connectivity index (χ0v) is 18.5. The van der Waals surface area contributed by atoms with Gasteiger partial charge in [-0.1, -0.05) is 56.3 Å². The van der Waals surface area contributed by atoms with Crippen LogP contribution in [0.15, 0.2) is 54.6 Å². The van der Waals surface area contributed by atoms with Crippen molar-refractivity contribution in [2.45, 2.75) is 39.8 Å². The molecule has 164 valence electrons. The van der Waals surface area contributed by atoms with Crippen molar-refractivity contribution in [2.24, 2.45) is 0 Å². The maximum absolute atomic E-state index is 12.9. The molecule has 3 rings (SSSR count). The fraction of sp³-hybridized carbons (Fsp3) is 0.375. The second-order valence-corrected chi connectivity index (χ2v) is 7.52. The van der Waals surface area contributed by atoms with Crippen molar-refractivity contribution in [2.75, 3.05) is 25.0 Å². The molecule has 0 saturated heterocycles. The smallest absolute Gasteiger partial charge is 0.229 e. The molecule has 1 unspecified atom stereocenters. The van der Waals surface area contributed by atoms with E-state index in [0.717, 1.165) is 42.8 Å². The largest absolute Gasteiger partial charge is 0.349 e. The van der Waals surface area contributed by atoms with Crippen LogP contribution in [0.3, 0.4) is 0 Å². The van der Waals surface area contributed by atoms with Crippen molar-refractivity contribution in [3.63, 3.8) is 0 Å². The van der Waals surface area contributed by atoms with Gasteiger partial charge in [-0.25, -0.2) is 4.98 Å². The maximum atomic E-state index is 12.9. The lowest BCUT2D eigenvalue weighted by Gasteiger charge is -2.20. The lowest BCUT2D eigenvalue weighted by atomic mass is 10.0. The summed E-state index contributed by atoms with van der Waals surface area (Å²) in [4.78, 5) is 31.6. The van der Waals surface area contributed by atoms with Gasteiger partial charge in [-0.3, -0.25) is 14.9 Å². The van der Waals surface area contributed by atoms with Crippen LogP contribution in [0.5, 0.6) is 0 Å². The Morgan fingerprint density at radius 3 is 2.39 bits per heavy atom. The van der Waals surface area contributed by atoms with E-state index in [-0.39, 0.29) is 18.2 Å². The molecule has 0 aliphatic rings. The summed E-state index contributed by atoms with van der Waals surface area (Å²) in [6.07, 6.45) is 0.128. The second kappa shape index (κ2) is 10.7. The van der Waals surface area contributed by atoms with Gasteiger partial charge < -0.3 is 14.8 Å². The van der Waals surface area contributed by atoms with Crippen LogP contribution in [-0.4, -0.2) is 45.9 Å². The molecule has 2 N–H and O–H groups in total. The number of aromatic nitrogens is 2. The van der Waals surface area contributed by atoms with Gasteiger partial charge in [0.05, 0.1) is 23.5 Å². The molecule has 1 aromatic heterocycles. The third kappa shape index (κ3) is 5.92. The van der Waals surface area contributed by atoms with E-state index >= 15 is 0 Å². The summed E-state index contributed by atoms with van der Waals surface area (Å²) in [6, 6.07) is 17.0. The maximum Gasteiger partial charge on any atom is 0.229 e. The van der Waals surface area contributed by atoms with E-state index in [4.69, 9.17) is 0 Å². The Kier molecular flexibility index (Phi) is 7.78. The summed E-state index contributed by atoms with van der Waals surface area (Å²) in [5.74, 6) is 0.170. The first-order chi connectivity index (χ1) is 15.0. The van der Waals surface area contributed by atoms with Crippen LogP contribution in [0.25, 0.3) is 11.0 Å². The first kappa shape index (κ1) is 22.5. The predicted molar refractivity (Wildman–Crippen MR) is 124 cm³/mol. The van der Waals surface area contributed by atoms with Crippen LogP contribution in [0, 0.1) is 0 Å². The average molecular weight is 422 g/mol. The number of para-hydroxylation sites is 2. The highest BCUT2D eigenvalue weighted by atomic mass is 16.2. The first-order valence-electron chi connectivity index (χ1n) is 10.8. The summed E-state index contributed by atoms with van der Waals surface area (Å²) in [5, 5.41) is 5.85. The minimum Gasteiger partial charge on any atom is -0.349 e. The lowest BCUT2D eigenvalue weighted by molar-refractivity contribution is -0.120. The van der Waals surface area contributed by atoms with Crippen LogP contribution in [0.2, 0.25) is 0 Å². The highest BCUT2D eigenvalue weighted by Gasteiger charge is 2.19. The number of benzene rings is 2. The standard InChI is InChI=1S/C24H31N5O2/c1-4-28(5-2)15-16-29-22-14-10-9-13-20(22)26-24(29)27-23(31)17-21(25-18(3)30)19-11-7-6-8-12-19/h6-14,21H,4-5,15-17H2,1-3H3,(H,25,30)(H,26,27,31). The molecule has 1 atom stereocenters. The third-order valence-corrected chi connectivity index (χ3v) is 5.41. The molecular formula is C24H31N5O2. The number of likely N-dealkylation sites (N-methyl/N-ethyl adjacent to an activating group) is 1. The minimum atomic E-state index is -0.396. The highest BCUT2D eigenvalue weighted by Crippen LogP contribution is 2.22. The quantitative estimate of drug-likeness (QED) is 0.524. The number of fused-ring (bicyclic) bond motifs is 1. The number of nitrogens with one attached hydrogen (secondary N) is 2. The van der Waals surface area contributed by atoms with Gasteiger partial charge in [-0.2, -0.15) is 0 Å². The Morgan fingerprint density at radius 2 is 1.71 bits per heavy atom. The third-order valence-electron chi connectivity index (χ3n) is 5.41. The van der Waals surface area contributed by atoms with Gasteiger partial charge in [0.15, 0.2) is 0 Å². The number of anilines is 1. The molecular weight excluding hydrogens is 390 g/mol. The van der Waals surface area contributed by atoms with Gasteiger partial charge >= 0.3 is 0 Å². The minimum absolute atomic E-state index is 0.128. The van der Waals surface area contributed by atoms with Crippen LogP contribution in [0.1, 0.15) is 38.8 Å². The topological polar surface area (TPSA) is 79.3 Å². The van der Waals surface area contributed by atoms with Crippen molar-refractivity contribution in [1.82, 2.24) is 19.8 Å². The Labute approximate surface area is 183 Å². The van der Waals surface area contributed by atoms with Crippen LogP contribution in [0.4, 0.5) is 5.95 Å². The van der Waals surface area contributed by atoms with Crippen molar-refractivity contribution in [1.29, 1.82) is 0 Å². The monoisotopic (exact) mass is 421 g/mol. The molecule has 7 nitrogen and oxygen atoms in total. The van der Waals surface area contributed by atoms with E-state index < -0.39 is 6.04 Å². The van der Waals surface area contributed by atoms with Crippen molar-refractivity contribution < 1.29 is 9.59 Å². The Bertz CT molecular complexity index is 1010. The molecule has 3 aromatic rings. The van der Waals surface area contributed by atoms with Crippen molar-refractivity contribution >= 4 is 28.8 Å². The predicted octanol–water partition coefficient (Wildman–Crippen LogP) is 3.58. The Hall–Kier alpha value is -3.19. The SMILES string of the molecule is CCN(CC)CCn1c(NC(=O)CC(NC(C)=O)c2ccccc2)nc2ccccc21. The molecule has 0 aliphatic heterocycles. The molecule has 2 amide bonds. The van der Waals surface area contributed by atoms with Crippen LogP contribution >= 0.6 is 0 Å². The molecule has 0 radical (unpaired) electrons. The fourth-order valence-corrected chi connectivity index (χ4v) is 3.72. The van der Waals surface area contributed by atoms with E-state index in [1.807, 2.05) is 54.6 Å². The normalized spacial score (nSPS) is 12.1. The Morgan fingerprint density at radius 1 is 1.03 bits per heavy atom. The number of hydrogen-bond donors (Lipinski definition) is 2. The molecule has 0 aliphatic carbocycles. The number of amides is 2. The zero-order chi connectivity index (χ0) is 22.2. The van der Waals surface area contributed by atoms with E-state index in [9.17, 15) is 9.59 Å². The molecule has 0 fully saturated rings.